The number of alkyl halides is 2. The quantitative estimate of drug-likeness (QED) is 0.373. The van der Waals surface area contributed by atoms with Crippen molar-refractivity contribution in [2.75, 3.05) is 0 Å². The number of hydrazine groups is 1. The van der Waals surface area contributed by atoms with Crippen molar-refractivity contribution in [2.45, 2.75) is 6.11 Å². The molecule has 3 N–H and O–H groups in total. The Hall–Kier alpha value is -2.00. The van der Waals surface area contributed by atoms with Gasteiger partial charge < -0.3 is 4.74 Å². The molecule has 0 aliphatic carbocycles. The monoisotopic (exact) mass is 281 g/mol. The van der Waals surface area contributed by atoms with Crippen LogP contribution in [-0.4, -0.2) is 16.9 Å². The fourth-order valence-electron chi connectivity index (χ4n) is 0.988. The van der Waals surface area contributed by atoms with Gasteiger partial charge in [-0.15, -0.1) is 0 Å². The normalized spacial score (nSPS) is 10.9. The lowest BCUT2D eigenvalue weighted by molar-refractivity contribution is -0.386. The van der Waals surface area contributed by atoms with Crippen molar-refractivity contribution < 1.29 is 23.2 Å². The van der Waals surface area contributed by atoms with Gasteiger partial charge in [-0.25, -0.2) is 5.84 Å². The lowest BCUT2D eigenvalue weighted by Crippen LogP contribution is -2.47. The molecule has 0 aromatic heterocycles. The second-order valence-electron chi connectivity index (χ2n) is 2.96. The summed E-state index contributed by atoms with van der Waals surface area (Å²) in [5.41, 5.74) is 0.377. The van der Waals surface area contributed by atoms with Crippen LogP contribution in [-0.2, 0) is 4.79 Å². The third-order valence-electron chi connectivity index (χ3n) is 1.75. The maximum atomic E-state index is 13.1. The van der Waals surface area contributed by atoms with Crippen molar-refractivity contribution in [2.24, 2.45) is 5.84 Å². The average molecular weight is 282 g/mol. The Bertz CT molecular complexity index is 497. The van der Waals surface area contributed by atoms with Crippen LogP contribution in [0.25, 0.3) is 0 Å². The molecule has 1 aromatic rings. The second-order valence-corrected chi connectivity index (χ2v) is 3.40. The van der Waals surface area contributed by atoms with E-state index < -0.39 is 28.4 Å². The van der Waals surface area contributed by atoms with Gasteiger partial charge in [0.25, 0.3) is 0 Å². The highest BCUT2D eigenvalue weighted by molar-refractivity contribution is 6.30. The number of hydrogen-bond acceptors (Lipinski definition) is 5. The van der Waals surface area contributed by atoms with Crippen LogP contribution in [0.2, 0.25) is 5.02 Å². The Morgan fingerprint density at radius 2 is 2.17 bits per heavy atom. The minimum Gasteiger partial charge on any atom is -0.418 e. The van der Waals surface area contributed by atoms with Gasteiger partial charge in [-0.05, 0) is 12.1 Å². The van der Waals surface area contributed by atoms with Gasteiger partial charge in [0.1, 0.15) is 0 Å². The van der Waals surface area contributed by atoms with E-state index in [1.54, 1.807) is 0 Å². The van der Waals surface area contributed by atoms with Gasteiger partial charge in [0.15, 0.2) is 0 Å². The van der Waals surface area contributed by atoms with Crippen molar-refractivity contribution in [3.05, 3.63) is 33.3 Å². The summed E-state index contributed by atoms with van der Waals surface area (Å²) in [7, 11) is 0. The van der Waals surface area contributed by atoms with Gasteiger partial charge in [-0.2, -0.15) is 8.78 Å². The van der Waals surface area contributed by atoms with Crippen LogP contribution >= 0.6 is 11.6 Å². The zero-order valence-corrected chi connectivity index (χ0v) is 9.28. The molecule has 0 radical (unpaired) electrons. The number of nitrogens with one attached hydrogen (secondary N) is 1. The Kier molecular flexibility index (Phi) is 3.99. The Morgan fingerprint density at radius 1 is 1.56 bits per heavy atom. The number of hydrogen-bond donors (Lipinski definition) is 2. The molecule has 7 nitrogen and oxygen atoms in total. The summed E-state index contributed by atoms with van der Waals surface area (Å²) in [6.07, 6.45) is -4.34. The van der Waals surface area contributed by atoms with Gasteiger partial charge in [0, 0.05) is 11.1 Å². The molecule has 0 unspecified atom stereocenters. The first-order valence-corrected chi connectivity index (χ1v) is 4.67. The summed E-state index contributed by atoms with van der Waals surface area (Å²) in [5.74, 6) is 1.77. The van der Waals surface area contributed by atoms with Crippen molar-refractivity contribution >= 4 is 23.2 Å². The van der Waals surface area contributed by atoms with E-state index in [0.29, 0.717) is 0 Å². The molecule has 0 atom stereocenters. The summed E-state index contributed by atoms with van der Waals surface area (Å²) >= 11 is 5.48. The summed E-state index contributed by atoms with van der Waals surface area (Å²) in [6.45, 7) is 0. The van der Waals surface area contributed by atoms with Crippen LogP contribution in [0.15, 0.2) is 18.2 Å². The van der Waals surface area contributed by atoms with Crippen molar-refractivity contribution in [3.63, 3.8) is 0 Å². The number of nitro benzene ring substituents is 1. The first-order chi connectivity index (χ1) is 8.27. The van der Waals surface area contributed by atoms with Crippen molar-refractivity contribution in [1.29, 1.82) is 0 Å². The molecule has 98 valence electrons. The molecule has 0 saturated carbocycles. The van der Waals surface area contributed by atoms with E-state index in [-0.39, 0.29) is 5.02 Å². The highest BCUT2D eigenvalue weighted by atomic mass is 35.5. The SMILES string of the molecule is NNC(=O)C(F)(F)Oc1ccc(Cl)cc1[N+](=O)[O-]. The number of nitro groups is 1. The molecule has 1 amide bonds. The van der Waals surface area contributed by atoms with E-state index in [0.717, 1.165) is 18.2 Å². The Balaban J connectivity index is 3.11. The van der Waals surface area contributed by atoms with Crippen LogP contribution in [0.1, 0.15) is 0 Å². The zero-order valence-electron chi connectivity index (χ0n) is 8.52. The average Bonchev–Trinajstić information content (AvgIpc) is 2.29. The third-order valence-corrected chi connectivity index (χ3v) is 1.99. The number of ether oxygens (including phenoxy) is 1. The molecule has 0 fully saturated rings. The minimum absolute atomic E-state index is 0.0411. The van der Waals surface area contributed by atoms with Crippen LogP contribution in [0, 0.1) is 10.1 Å². The van der Waals surface area contributed by atoms with E-state index >= 15 is 0 Å². The molecule has 0 bridgehead atoms. The number of nitrogens with zero attached hydrogens (tertiary/aromatic N) is 1. The molecule has 0 aliphatic heterocycles. The number of carbonyl (C=O) groups is 1. The lowest BCUT2D eigenvalue weighted by Gasteiger charge is -2.15. The molecular weight excluding hydrogens is 276 g/mol. The maximum Gasteiger partial charge on any atom is 0.483 e. The molecule has 0 saturated heterocycles. The molecule has 0 heterocycles. The first kappa shape index (κ1) is 14.1. The molecule has 1 rings (SSSR count). The molecule has 0 aliphatic rings. The zero-order chi connectivity index (χ0) is 13.9. The summed E-state index contributed by atoms with van der Waals surface area (Å²) in [6, 6.07) is 2.76. The van der Waals surface area contributed by atoms with E-state index in [4.69, 9.17) is 11.6 Å². The highest BCUT2D eigenvalue weighted by Crippen LogP contribution is 2.33. The molecule has 0 spiro atoms. The Morgan fingerprint density at radius 3 is 2.67 bits per heavy atom. The fraction of sp³-hybridized carbons (Fsp3) is 0.125. The molecule has 1 aromatic carbocycles. The maximum absolute atomic E-state index is 13.1. The molecule has 10 heteroatoms. The highest BCUT2D eigenvalue weighted by Gasteiger charge is 2.43. The van der Waals surface area contributed by atoms with Gasteiger partial charge in [-0.3, -0.25) is 20.3 Å². The van der Waals surface area contributed by atoms with Crippen molar-refractivity contribution in [3.8, 4) is 5.75 Å². The summed E-state index contributed by atoms with van der Waals surface area (Å²) in [5, 5.41) is 10.6. The second kappa shape index (κ2) is 5.10. The fourth-order valence-corrected chi connectivity index (χ4v) is 1.15. The number of rotatable bonds is 4. The van der Waals surface area contributed by atoms with E-state index in [1.807, 2.05) is 0 Å². The standard InChI is InChI=1S/C8H6ClF2N3O4/c9-4-1-2-6(5(3-4)14(16)17)18-8(10,11)7(15)13-12/h1-3H,12H2,(H,13,15). The molecule has 18 heavy (non-hydrogen) atoms. The van der Waals surface area contributed by atoms with Gasteiger partial charge in [0.05, 0.1) is 4.92 Å². The number of nitrogens with two attached hydrogens (primary N) is 1. The molecular formula is C8H6ClF2N3O4. The first-order valence-electron chi connectivity index (χ1n) is 4.29. The summed E-state index contributed by atoms with van der Waals surface area (Å²) in [4.78, 5) is 20.3. The van der Waals surface area contributed by atoms with Crippen molar-refractivity contribution in [1.82, 2.24) is 5.43 Å². The number of amides is 1. The summed E-state index contributed by atoms with van der Waals surface area (Å²) < 4.78 is 30.1. The predicted molar refractivity (Wildman–Crippen MR) is 56.0 cm³/mol. The largest absolute Gasteiger partial charge is 0.483 e. The van der Waals surface area contributed by atoms with Crippen LogP contribution in [0.4, 0.5) is 14.5 Å². The number of halogens is 3. The number of benzene rings is 1. The Labute approximate surface area is 104 Å². The van der Waals surface area contributed by atoms with Crippen LogP contribution in [0.3, 0.4) is 0 Å². The smallest absolute Gasteiger partial charge is 0.418 e. The van der Waals surface area contributed by atoms with E-state index in [1.165, 1.54) is 5.43 Å². The lowest BCUT2D eigenvalue weighted by atomic mass is 10.3. The van der Waals surface area contributed by atoms with Crippen LogP contribution < -0.4 is 16.0 Å². The predicted octanol–water partition coefficient (Wildman–Crippen LogP) is 1.21. The topological polar surface area (TPSA) is 107 Å². The van der Waals surface area contributed by atoms with E-state index in [9.17, 15) is 23.7 Å². The van der Waals surface area contributed by atoms with Gasteiger partial charge in [-0.1, -0.05) is 11.6 Å². The number of carbonyl (C=O) groups excluding carboxylic acids is 1. The van der Waals surface area contributed by atoms with Gasteiger partial charge >= 0.3 is 17.7 Å². The van der Waals surface area contributed by atoms with Gasteiger partial charge in [0.2, 0.25) is 5.75 Å². The van der Waals surface area contributed by atoms with Crippen LogP contribution in [0.5, 0.6) is 5.75 Å². The van der Waals surface area contributed by atoms with E-state index in [2.05, 4.69) is 10.6 Å². The minimum atomic E-state index is -4.34. The third kappa shape index (κ3) is 3.02.